The van der Waals surface area contributed by atoms with Gasteiger partial charge in [0.15, 0.2) is 0 Å². The number of hydrogen-bond donors (Lipinski definition) is 2. The first kappa shape index (κ1) is 14.4. The van der Waals surface area contributed by atoms with E-state index in [0.29, 0.717) is 11.4 Å². The fourth-order valence-corrected chi connectivity index (χ4v) is 2.95. The summed E-state index contributed by atoms with van der Waals surface area (Å²) in [7, 11) is 0. The molecule has 0 saturated heterocycles. The topological polar surface area (TPSA) is 63.3 Å². The highest BCUT2D eigenvalue weighted by molar-refractivity contribution is 8.00. The van der Waals surface area contributed by atoms with E-state index in [9.17, 15) is 4.79 Å². The third-order valence-corrected chi connectivity index (χ3v) is 3.99. The molecule has 3 nitrogen and oxygen atoms in total. The van der Waals surface area contributed by atoms with Crippen LogP contribution in [0, 0.1) is 0 Å². The van der Waals surface area contributed by atoms with Gasteiger partial charge in [0.1, 0.15) is 5.54 Å². The first-order chi connectivity index (χ1) is 7.83. The lowest BCUT2D eigenvalue weighted by molar-refractivity contribution is -0.142. The van der Waals surface area contributed by atoms with Gasteiger partial charge in [0.25, 0.3) is 0 Å². The van der Waals surface area contributed by atoms with Gasteiger partial charge >= 0.3 is 5.97 Å². The third-order valence-electron chi connectivity index (χ3n) is 2.36. The highest BCUT2D eigenvalue weighted by Gasteiger charge is 2.30. The normalized spacial score (nSPS) is 16.2. The van der Waals surface area contributed by atoms with Crippen molar-refractivity contribution in [2.75, 3.05) is 0 Å². The molecule has 0 aliphatic carbocycles. The number of carboxylic acid groups (broad SMARTS) is 1. The second kappa shape index (κ2) is 5.76. The van der Waals surface area contributed by atoms with Crippen LogP contribution < -0.4 is 5.73 Å². The molecule has 0 fully saturated rings. The van der Waals surface area contributed by atoms with Gasteiger partial charge in [0.05, 0.1) is 5.02 Å². The van der Waals surface area contributed by atoms with Crippen LogP contribution in [0.25, 0.3) is 0 Å². The minimum atomic E-state index is -1.20. The third kappa shape index (κ3) is 4.22. The summed E-state index contributed by atoms with van der Waals surface area (Å²) in [5, 5.41) is 9.71. The average molecular weight is 274 g/mol. The van der Waals surface area contributed by atoms with E-state index in [1.165, 1.54) is 18.7 Å². The number of carbonyl (C=O) groups is 1. The molecule has 17 heavy (non-hydrogen) atoms. The SMILES string of the molecule is CC(CC(C)(N)C(=O)O)Sc1ccccc1Cl. The van der Waals surface area contributed by atoms with Crippen LogP contribution in [0.4, 0.5) is 0 Å². The van der Waals surface area contributed by atoms with E-state index < -0.39 is 11.5 Å². The largest absolute Gasteiger partial charge is 0.480 e. The molecule has 1 rings (SSSR count). The molecule has 1 aromatic carbocycles. The van der Waals surface area contributed by atoms with Crippen molar-refractivity contribution < 1.29 is 9.90 Å². The maximum absolute atomic E-state index is 10.9. The molecule has 94 valence electrons. The van der Waals surface area contributed by atoms with Crippen molar-refractivity contribution in [3.63, 3.8) is 0 Å². The minimum Gasteiger partial charge on any atom is -0.480 e. The van der Waals surface area contributed by atoms with Gasteiger partial charge in [-0.2, -0.15) is 0 Å². The smallest absolute Gasteiger partial charge is 0.323 e. The van der Waals surface area contributed by atoms with Crippen LogP contribution in [0.3, 0.4) is 0 Å². The summed E-state index contributed by atoms with van der Waals surface area (Å²) in [6.45, 7) is 3.47. The molecule has 2 unspecified atom stereocenters. The Labute approximate surface area is 110 Å². The lowest BCUT2D eigenvalue weighted by atomic mass is 9.98. The fourth-order valence-electron chi connectivity index (χ4n) is 1.48. The summed E-state index contributed by atoms with van der Waals surface area (Å²) in [5.74, 6) is -0.982. The molecule has 2 atom stereocenters. The quantitative estimate of drug-likeness (QED) is 0.810. The minimum absolute atomic E-state index is 0.0843. The average Bonchev–Trinajstić information content (AvgIpc) is 2.20. The van der Waals surface area contributed by atoms with E-state index in [0.717, 1.165) is 4.90 Å². The van der Waals surface area contributed by atoms with Crippen molar-refractivity contribution in [3.05, 3.63) is 29.3 Å². The number of halogens is 1. The van der Waals surface area contributed by atoms with Gasteiger partial charge in [-0.1, -0.05) is 30.7 Å². The summed E-state index contributed by atoms with van der Waals surface area (Å²) >= 11 is 7.57. The molecule has 0 heterocycles. The van der Waals surface area contributed by atoms with E-state index in [4.69, 9.17) is 22.4 Å². The molecule has 0 bridgehead atoms. The summed E-state index contributed by atoms with van der Waals surface area (Å²) < 4.78 is 0. The maximum Gasteiger partial charge on any atom is 0.323 e. The predicted octanol–water partition coefficient (Wildman–Crippen LogP) is 3.01. The van der Waals surface area contributed by atoms with Crippen molar-refractivity contribution in [3.8, 4) is 0 Å². The lowest BCUT2D eigenvalue weighted by Crippen LogP contribution is -2.46. The Morgan fingerprint density at radius 2 is 2.18 bits per heavy atom. The number of nitrogens with two attached hydrogens (primary N) is 1. The van der Waals surface area contributed by atoms with Gasteiger partial charge in [-0.05, 0) is 25.5 Å². The number of benzene rings is 1. The molecular formula is C12H16ClNO2S. The maximum atomic E-state index is 10.9. The van der Waals surface area contributed by atoms with Crippen LogP contribution in [0.15, 0.2) is 29.2 Å². The van der Waals surface area contributed by atoms with Gasteiger partial charge in [0.2, 0.25) is 0 Å². The molecule has 0 spiro atoms. The molecule has 0 amide bonds. The standard InChI is InChI=1S/C12H16ClNO2S/c1-8(7-12(2,14)11(15)16)17-10-6-4-3-5-9(10)13/h3-6,8H,7,14H2,1-2H3,(H,15,16). The molecule has 0 aliphatic heterocycles. The number of rotatable bonds is 5. The van der Waals surface area contributed by atoms with Crippen LogP contribution in [-0.4, -0.2) is 21.9 Å². The van der Waals surface area contributed by atoms with Gasteiger partial charge in [-0.25, -0.2) is 0 Å². The molecule has 5 heteroatoms. The molecule has 0 aliphatic rings. The van der Waals surface area contributed by atoms with Crippen molar-refractivity contribution >= 4 is 29.3 Å². The zero-order valence-electron chi connectivity index (χ0n) is 9.81. The van der Waals surface area contributed by atoms with Crippen molar-refractivity contribution in [1.29, 1.82) is 0 Å². The number of hydrogen-bond acceptors (Lipinski definition) is 3. The van der Waals surface area contributed by atoms with Gasteiger partial charge in [-0.3, -0.25) is 4.79 Å². The van der Waals surface area contributed by atoms with E-state index in [1.807, 2.05) is 31.2 Å². The Bertz CT molecular complexity index is 409. The van der Waals surface area contributed by atoms with E-state index in [-0.39, 0.29) is 5.25 Å². The molecule has 1 aromatic rings. The number of carboxylic acids is 1. The molecule has 0 saturated carbocycles. The fraction of sp³-hybridized carbons (Fsp3) is 0.417. The van der Waals surface area contributed by atoms with Crippen LogP contribution in [0.1, 0.15) is 20.3 Å². The zero-order valence-corrected chi connectivity index (χ0v) is 11.4. The van der Waals surface area contributed by atoms with Crippen LogP contribution in [0.5, 0.6) is 0 Å². The number of aliphatic carboxylic acids is 1. The highest BCUT2D eigenvalue weighted by atomic mass is 35.5. The highest BCUT2D eigenvalue weighted by Crippen LogP contribution is 2.32. The monoisotopic (exact) mass is 273 g/mol. The Morgan fingerprint density at radius 1 is 1.59 bits per heavy atom. The first-order valence-electron chi connectivity index (χ1n) is 5.26. The van der Waals surface area contributed by atoms with Gasteiger partial charge in [-0.15, -0.1) is 11.8 Å². The lowest BCUT2D eigenvalue weighted by Gasteiger charge is -2.23. The van der Waals surface area contributed by atoms with Crippen molar-refractivity contribution in [2.45, 2.75) is 36.0 Å². The Balaban J connectivity index is 2.65. The summed E-state index contributed by atoms with van der Waals surface area (Å²) in [4.78, 5) is 11.9. The van der Waals surface area contributed by atoms with Crippen LogP contribution in [0.2, 0.25) is 5.02 Å². The second-order valence-corrected chi connectivity index (χ2v) is 6.17. The van der Waals surface area contributed by atoms with E-state index >= 15 is 0 Å². The van der Waals surface area contributed by atoms with Gasteiger partial charge in [0, 0.05) is 10.1 Å². The van der Waals surface area contributed by atoms with Crippen molar-refractivity contribution in [1.82, 2.24) is 0 Å². The van der Waals surface area contributed by atoms with Crippen molar-refractivity contribution in [2.24, 2.45) is 5.73 Å². The molecule has 0 radical (unpaired) electrons. The Morgan fingerprint density at radius 3 is 2.71 bits per heavy atom. The summed E-state index contributed by atoms with van der Waals surface area (Å²) in [6.07, 6.45) is 0.387. The van der Waals surface area contributed by atoms with Crippen LogP contribution >= 0.6 is 23.4 Å². The van der Waals surface area contributed by atoms with Crippen LogP contribution in [-0.2, 0) is 4.79 Å². The molecule has 0 aromatic heterocycles. The first-order valence-corrected chi connectivity index (χ1v) is 6.52. The van der Waals surface area contributed by atoms with Gasteiger partial charge < -0.3 is 10.8 Å². The number of thioether (sulfide) groups is 1. The summed E-state index contributed by atoms with van der Waals surface area (Å²) in [6, 6.07) is 7.49. The Kier molecular flexibility index (Phi) is 4.86. The summed E-state index contributed by atoms with van der Waals surface area (Å²) in [5.41, 5.74) is 4.51. The molecule has 3 N–H and O–H groups in total. The second-order valence-electron chi connectivity index (χ2n) is 4.29. The predicted molar refractivity (Wildman–Crippen MR) is 71.6 cm³/mol. The zero-order chi connectivity index (χ0) is 13.1. The molecular weight excluding hydrogens is 258 g/mol. The van der Waals surface area contributed by atoms with E-state index in [2.05, 4.69) is 0 Å². The van der Waals surface area contributed by atoms with E-state index in [1.54, 1.807) is 0 Å². The Hall–Kier alpha value is -0.710.